The van der Waals surface area contributed by atoms with E-state index in [0.717, 1.165) is 5.56 Å². The number of aryl methyl sites for hydroxylation is 1. The second-order valence-corrected chi connectivity index (χ2v) is 3.31. The molecule has 2 aromatic rings. The van der Waals surface area contributed by atoms with Crippen molar-refractivity contribution >= 4 is 6.01 Å². The molecule has 78 valence electrons. The average molecular weight is 204 g/mol. The van der Waals surface area contributed by atoms with Crippen molar-refractivity contribution in [3.63, 3.8) is 0 Å². The Morgan fingerprint density at radius 3 is 2.53 bits per heavy atom. The summed E-state index contributed by atoms with van der Waals surface area (Å²) in [4.78, 5) is 3.91. The average Bonchev–Trinajstić information content (AvgIpc) is 2.58. The van der Waals surface area contributed by atoms with Crippen LogP contribution in [0.2, 0.25) is 0 Å². The number of hydrogen-bond donors (Lipinski definition) is 2. The van der Waals surface area contributed by atoms with Crippen LogP contribution in [0.25, 0.3) is 0 Å². The van der Waals surface area contributed by atoms with E-state index in [1.54, 1.807) is 6.92 Å². The van der Waals surface area contributed by atoms with E-state index in [4.69, 9.17) is 10.2 Å². The number of nitrogen functional groups attached to an aromatic ring is 1. The van der Waals surface area contributed by atoms with Gasteiger partial charge in [-0.3, -0.25) is 0 Å². The van der Waals surface area contributed by atoms with Gasteiger partial charge < -0.3 is 15.3 Å². The fourth-order valence-corrected chi connectivity index (χ4v) is 1.47. The monoisotopic (exact) mass is 204 g/mol. The summed E-state index contributed by atoms with van der Waals surface area (Å²) in [6.45, 7) is 1.75. The van der Waals surface area contributed by atoms with Crippen molar-refractivity contribution in [2.75, 3.05) is 5.73 Å². The summed E-state index contributed by atoms with van der Waals surface area (Å²) in [5.41, 5.74) is 6.78. The van der Waals surface area contributed by atoms with Crippen LogP contribution in [0.3, 0.4) is 0 Å². The minimum atomic E-state index is -0.809. The van der Waals surface area contributed by atoms with Gasteiger partial charge in [-0.25, -0.2) is 0 Å². The molecule has 0 bridgehead atoms. The van der Waals surface area contributed by atoms with Gasteiger partial charge in [-0.05, 0) is 12.5 Å². The number of nitrogens with two attached hydrogens (primary N) is 1. The Bertz CT molecular complexity index is 451. The van der Waals surface area contributed by atoms with Crippen molar-refractivity contribution in [2.45, 2.75) is 13.0 Å². The second-order valence-electron chi connectivity index (χ2n) is 3.31. The van der Waals surface area contributed by atoms with Crippen LogP contribution in [0.5, 0.6) is 0 Å². The molecule has 0 saturated heterocycles. The first-order valence-electron chi connectivity index (χ1n) is 4.64. The second kappa shape index (κ2) is 3.74. The highest BCUT2D eigenvalue weighted by Gasteiger charge is 2.18. The molecule has 0 aliphatic carbocycles. The molecule has 0 radical (unpaired) electrons. The SMILES string of the molecule is Cc1nc(N)oc1C(O)c1ccccc1. The maximum Gasteiger partial charge on any atom is 0.292 e. The normalized spacial score (nSPS) is 12.7. The highest BCUT2D eigenvalue weighted by atomic mass is 16.4. The minimum Gasteiger partial charge on any atom is -0.425 e. The number of rotatable bonds is 2. The third-order valence-electron chi connectivity index (χ3n) is 2.21. The van der Waals surface area contributed by atoms with Crippen molar-refractivity contribution < 1.29 is 9.52 Å². The number of aliphatic hydroxyl groups excluding tert-OH is 1. The van der Waals surface area contributed by atoms with Crippen LogP contribution in [-0.2, 0) is 0 Å². The maximum absolute atomic E-state index is 10.00. The van der Waals surface area contributed by atoms with Gasteiger partial charge in [-0.1, -0.05) is 30.3 Å². The standard InChI is InChI=1S/C11H12N2O2/c1-7-10(15-11(12)13-7)9(14)8-5-3-2-4-6-8/h2-6,9,14H,1H3,(H2,12,13). The van der Waals surface area contributed by atoms with Crippen LogP contribution in [-0.4, -0.2) is 10.1 Å². The lowest BCUT2D eigenvalue weighted by Crippen LogP contribution is -1.99. The summed E-state index contributed by atoms with van der Waals surface area (Å²) in [5.74, 6) is 0.402. The van der Waals surface area contributed by atoms with Gasteiger partial charge in [-0.15, -0.1) is 0 Å². The summed E-state index contributed by atoms with van der Waals surface area (Å²) in [6, 6.07) is 9.32. The Balaban J connectivity index is 2.36. The van der Waals surface area contributed by atoms with Gasteiger partial charge in [0.2, 0.25) is 0 Å². The number of hydrogen-bond acceptors (Lipinski definition) is 4. The van der Waals surface area contributed by atoms with Crippen molar-refractivity contribution in [3.8, 4) is 0 Å². The van der Waals surface area contributed by atoms with Crippen LogP contribution < -0.4 is 5.73 Å². The van der Waals surface area contributed by atoms with Gasteiger partial charge in [0, 0.05) is 0 Å². The molecule has 0 saturated carbocycles. The highest BCUT2D eigenvalue weighted by Crippen LogP contribution is 2.25. The molecule has 2 rings (SSSR count). The summed E-state index contributed by atoms with van der Waals surface area (Å²) in [5, 5.41) is 10.00. The number of aliphatic hydroxyl groups is 1. The van der Waals surface area contributed by atoms with Crippen LogP contribution >= 0.6 is 0 Å². The molecule has 0 aliphatic rings. The molecule has 1 aromatic heterocycles. The van der Waals surface area contributed by atoms with E-state index in [1.807, 2.05) is 30.3 Å². The summed E-state index contributed by atoms with van der Waals surface area (Å²) < 4.78 is 5.15. The van der Waals surface area contributed by atoms with Crippen LogP contribution in [0.4, 0.5) is 6.01 Å². The lowest BCUT2D eigenvalue weighted by molar-refractivity contribution is 0.190. The molecule has 15 heavy (non-hydrogen) atoms. The summed E-state index contributed by atoms with van der Waals surface area (Å²) >= 11 is 0. The topological polar surface area (TPSA) is 72.3 Å². The largest absolute Gasteiger partial charge is 0.425 e. The lowest BCUT2D eigenvalue weighted by Gasteiger charge is -2.07. The molecule has 0 amide bonds. The molecule has 0 fully saturated rings. The molecular formula is C11H12N2O2. The first-order chi connectivity index (χ1) is 7.18. The minimum absolute atomic E-state index is 0.0810. The van der Waals surface area contributed by atoms with Gasteiger partial charge in [0.15, 0.2) is 5.76 Å². The Kier molecular flexibility index (Phi) is 2.43. The Morgan fingerprint density at radius 1 is 1.33 bits per heavy atom. The van der Waals surface area contributed by atoms with Crippen molar-refractivity contribution in [1.82, 2.24) is 4.98 Å². The molecule has 0 aliphatic heterocycles. The Morgan fingerprint density at radius 2 is 2.00 bits per heavy atom. The predicted molar refractivity (Wildman–Crippen MR) is 56.2 cm³/mol. The molecule has 4 heteroatoms. The van der Waals surface area contributed by atoms with E-state index in [-0.39, 0.29) is 6.01 Å². The van der Waals surface area contributed by atoms with Crippen LogP contribution in [0.1, 0.15) is 23.1 Å². The zero-order valence-corrected chi connectivity index (χ0v) is 8.34. The first-order valence-corrected chi connectivity index (χ1v) is 4.64. The van der Waals surface area contributed by atoms with Gasteiger partial charge in [0.05, 0.1) is 5.69 Å². The Labute approximate surface area is 87.4 Å². The quantitative estimate of drug-likeness (QED) is 0.780. The smallest absolute Gasteiger partial charge is 0.292 e. The van der Waals surface area contributed by atoms with Crippen molar-refractivity contribution in [1.29, 1.82) is 0 Å². The molecule has 1 atom stereocenters. The third-order valence-corrected chi connectivity index (χ3v) is 2.21. The van der Waals surface area contributed by atoms with Gasteiger partial charge in [0.1, 0.15) is 6.10 Å². The summed E-state index contributed by atoms with van der Waals surface area (Å²) in [6.07, 6.45) is -0.809. The Hall–Kier alpha value is -1.81. The third kappa shape index (κ3) is 1.85. The number of anilines is 1. The molecular weight excluding hydrogens is 192 g/mol. The number of nitrogens with zero attached hydrogens (tertiary/aromatic N) is 1. The predicted octanol–water partition coefficient (Wildman–Crippen LogP) is 1.65. The maximum atomic E-state index is 10.00. The van der Waals surface area contributed by atoms with Crippen LogP contribution in [0, 0.1) is 6.92 Å². The molecule has 1 aromatic carbocycles. The first kappa shape index (κ1) is 9.73. The zero-order chi connectivity index (χ0) is 10.8. The summed E-state index contributed by atoms with van der Waals surface area (Å²) in [7, 11) is 0. The lowest BCUT2D eigenvalue weighted by atomic mass is 10.1. The van der Waals surface area contributed by atoms with Gasteiger partial charge in [-0.2, -0.15) is 4.98 Å². The van der Waals surface area contributed by atoms with E-state index < -0.39 is 6.10 Å². The number of oxazole rings is 1. The van der Waals surface area contributed by atoms with E-state index in [0.29, 0.717) is 11.5 Å². The van der Waals surface area contributed by atoms with E-state index >= 15 is 0 Å². The van der Waals surface area contributed by atoms with Crippen LogP contribution in [0.15, 0.2) is 34.7 Å². The molecule has 0 spiro atoms. The molecule has 3 N–H and O–H groups in total. The fourth-order valence-electron chi connectivity index (χ4n) is 1.47. The molecule has 4 nitrogen and oxygen atoms in total. The van der Waals surface area contributed by atoms with Gasteiger partial charge in [0.25, 0.3) is 6.01 Å². The van der Waals surface area contributed by atoms with Gasteiger partial charge >= 0.3 is 0 Å². The number of aromatic nitrogens is 1. The van der Waals surface area contributed by atoms with Crippen molar-refractivity contribution in [3.05, 3.63) is 47.3 Å². The van der Waals surface area contributed by atoms with Crippen molar-refractivity contribution in [2.24, 2.45) is 0 Å². The fraction of sp³-hybridized carbons (Fsp3) is 0.182. The van der Waals surface area contributed by atoms with E-state index in [2.05, 4.69) is 4.98 Å². The highest BCUT2D eigenvalue weighted by molar-refractivity contribution is 5.29. The van der Waals surface area contributed by atoms with E-state index in [1.165, 1.54) is 0 Å². The molecule has 1 heterocycles. The molecule has 1 unspecified atom stereocenters. The number of benzene rings is 1. The van der Waals surface area contributed by atoms with E-state index in [9.17, 15) is 5.11 Å². The zero-order valence-electron chi connectivity index (χ0n) is 8.34.